The number of hydrogen-bond donors (Lipinski definition) is 0. The van der Waals surface area contributed by atoms with Crippen LogP contribution in [0, 0.1) is 11.8 Å². The van der Waals surface area contributed by atoms with Gasteiger partial charge in [0, 0.05) is 5.71 Å². The number of hydrogen-bond acceptors (Lipinski definition) is 1. The molecular formula is C13H25N. The molecular weight excluding hydrogens is 170 g/mol. The maximum atomic E-state index is 4.89. The van der Waals surface area contributed by atoms with Crippen LogP contribution in [0.4, 0.5) is 0 Å². The third-order valence-corrected chi connectivity index (χ3v) is 2.91. The topological polar surface area (TPSA) is 12.4 Å². The molecule has 1 rings (SSSR count). The lowest BCUT2D eigenvalue weighted by Gasteiger charge is -2.29. The van der Waals surface area contributed by atoms with Crippen LogP contribution in [0.5, 0.6) is 0 Å². The van der Waals surface area contributed by atoms with Gasteiger partial charge in [-0.25, -0.2) is 0 Å². The van der Waals surface area contributed by atoms with Crippen LogP contribution in [0.25, 0.3) is 0 Å². The number of aliphatic imine (C=N–C) groups is 1. The van der Waals surface area contributed by atoms with Gasteiger partial charge in [-0.1, -0.05) is 20.3 Å². The molecule has 0 heterocycles. The van der Waals surface area contributed by atoms with Crippen molar-refractivity contribution >= 4 is 5.71 Å². The molecule has 0 radical (unpaired) electrons. The van der Waals surface area contributed by atoms with Crippen molar-refractivity contribution in [3.05, 3.63) is 0 Å². The van der Waals surface area contributed by atoms with Gasteiger partial charge in [0.1, 0.15) is 0 Å². The predicted molar refractivity (Wildman–Crippen MR) is 64.0 cm³/mol. The minimum Gasteiger partial charge on any atom is -0.288 e. The van der Waals surface area contributed by atoms with Gasteiger partial charge in [0.15, 0.2) is 0 Å². The van der Waals surface area contributed by atoms with Gasteiger partial charge in [0.25, 0.3) is 0 Å². The van der Waals surface area contributed by atoms with E-state index in [0.717, 1.165) is 11.8 Å². The summed E-state index contributed by atoms with van der Waals surface area (Å²) >= 11 is 0. The van der Waals surface area contributed by atoms with Gasteiger partial charge in [0.05, 0.1) is 5.54 Å². The highest BCUT2D eigenvalue weighted by atomic mass is 14.8. The molecule has 14 heavy (non-hydrogen) atoms. The first-order chi connectivity index (χ1) is 6.40. The molecule has 0 saturated heterocycles. The Hall–Kier alpha value is -0.330. The zero-order chi connectivity index (χ0) is 10.8. The van der Waals surface area contributed by atoms with E-state index in [1.807, 2.05) is 0 Å². The quantitative estimate of drug-likeness (QED) is 0.598. The van der Waals surface area contributed by atoms with Gasteiger partial charge in [-0.3, -0.25) is 4.99 Å². The van der Waals surface area contributed by atoms with Gasteiger partial charge in [0.2, 0.25) is 0 Å². The third-order valence-electron chi connectivity index (χ3n) is 2.91. The van der Waals surface area contributed by atoms with Crippen molar-refractivity contribution in [3.8, 4) is 0 Å². The van der Waals surface area contributed by atoms with E-state index in [-0.39, 0.29) is 5.54 Å². The van der Waals surface area contributed by atoms with Crippen LogP contribution < -0.4 is 0 Å². The van der Waals surface area contributed by atoms with Crippen molar-refractivity contribution in [2.45, 2.75) is 65.8 Å². The van der Waals surface area contributed by atoms with Crippen molar-refractivity contribution in [2.75, 3.05) is 0 Å². The fourth-order valence-electron chi connectivity index (χ4n) is 2.31. The molecule has 82 valence electrons. The average molecular weight is 195 g/mol. The molecule has 0 aliphatic heterocycles. The summed E-state index contributed by atoms with van der Waals surface area (Å²) in [7, 11) is 0. The highest BCUT2D eigenvalue weighted by Gasteiger charge is 2.24. The summed E-state index contributed by atoms with van der Waals surface area (Å²) < 4.78 is 0. The Balaban J connectivity index is 2.77. The normalized spacial score (nSPS) is 27.3. The fraction of sp³-hybridized carbons (Fsp3) is 0.923. The van der Waals surface area contributed by atoms with Crippen molar-refractivity contribution in [1.29, 1.82) is 0 Å². The Kier molecular flexibility index (Phi) is 3.74. The molecule has 1 saturated carbocycles. The molecule has 1 nitrogen and oxygen atoms in total. The van der Waals surface area contributed by atoms with Crippen LogP contribution >= 0.6 is 0 Å². The molecule has 1 fully saturated rings. The number of nitrogens with zero attached hydrogens (tertiary/aromatic N) is 1. The Morgan fingerprint density at radius 3 is 2.36 bits per heavy atom. The fourth-order valence-corrected chi connectivity index (χ4v) is 2.31. The Bertz CT molecular complexity index is 208. The lowest BCUT2D eigenvalue weighted by Crippen LogP contribution is -2.27. The van der Waals surface area contributed by atoms with Crippen molar-refractivity contribution in [3.63, 3.8) is 0 Å². The summed E-state index contributed by atoms with van der Waals surface area (Å²) in [6.45, 7) is 11.3. The molecule has 0 aromatic carbocycles. The zero-order valence-electron chi connectivity index (χ0n) is 10.4. The van der Waals surface area contributed by atoms with E-state index in [1.165, 1.54) is 31.4 Å². The highest BCUT2D eigenvalue weighted by Crippen LogP contribution is 2.29. The standard InChI is InChI=1S/C13H25N/c1-10(2)11-8-6-7-9-12(11)14-13(3,4)5/h10-11H,6-9H2,1-5H3. The largest absolute Gasteiger partial charge is 0.288 e. The molecule has 1 heteroatoms. The Morgan fingerprint density at radius 1 is 1.21 bits per heavy atom. The summed E-state index contributed by atoms with van der Waals surface area (Å²) in [5.74, 6) is 1.51. The van der Waals surface area contributed by atoms with E-state index in [4.69, 9.17) is 4.99 Å². The van der Waals surface area contributed by atoms with Crippen LogP contribution in [0.2, 0.25) is 0 Å². The second kappa shape index (κ2) is 4.46. The van der Waals surface area contributed by atoms with Gasteiger partial charge in [-0.15, -0.1) is 0 Å². The smallest absolute Gasteiger partial charge is 0.0523 e. The van der Waals surface area contributed by atoms with Gasteiger partial charge in [-0.05, 0) is 51.9 Å². The maximum absolute atomic E-state index is 4.89. The van der Waals surface area contributed by atoms with Gasteiger partial charge >= 0.3 is 0 Å². The molecule has 0 amide bonds. The summed E-state index contributed by atoms with van der Waals surface area (Å²) in [6.07, 6.45) is 5.33. The van der Waals surface area contributed by atoms with Crippen LogP contribution in [-0.2, 0) is 0 Å². The van der Waals surface area contributed by atoms with E-state index >= 15 is 0 Å². The molecule has 1 atom stereocenters. The van der Waals surface area contributed by atoms with Crippen LogP contribution in [0.1, 0.15) is 60.3 Å². The monoisotopic (exact) mass is 195 g/mol. The van der Waals surface area contributed by atoms with E-state index in [1.54, 1.807) is 0 Å². The van der Waals surface area contributed by atoms with Crippen molar-refractivity contribution in [1.82, 2.24) is 0 Å². The van der Waals surface area contributed by atoms with Gasteiger partial charge < -0.3 is 0 Å². The first kappa shape index (κ1) is 11.7. The Labute approximate surface area is 89.0 Å². The number of rotatable bonds is 1. The molecule has 0 aromatic rings. The van der Waals surface area contributed by atoms with Crippen LogP contribution in [0.3, 0.4) is 0 Å². The SMILES string of the molecule is CC(C)C1CCCCC1=NC(C)(C)C. The summed E-state index contributed by atoms with van der Waals surface area (Å²) in [5.41, 5.74) is 1.60. The summed E-state index contributed by atoms with van der Waals surface area (Å²) in [6, 6.07) is 0. The average Bonchev–Trinajstić information content (AvgIpc) is 2.01. The molecule has 1 aliphatic rings. The maximum Gasteiger partial charge on any atom is 0.0523 e. The minimum absolute atomic E-state index is 0.111. The second-order valence-electron chi connectivity index (χ2n) is 5.87. The Morgan fingerprint density at radius 2 is 1.86 bits per heavy atom. The summed E-state index contributed by atoms with van der Waals surface area (Å²) in [4.78, 5) is 4.89. The first-order valence-corrected chi connectivity index (χ1v) is 5.99. The molecule has 0 bridgehead atoms. The highest BCUT2D eigenvalue weighted by molar-refractivity contribution is 5.88. The van der Waals surface area contributed by atoms with E-state index < -0.39 is 0 Å². The predicted octanol–water partition coefficient (Wildman–Crippen LogP) is 4.07. The van der Waals surface area contributed by atoms with Crippen molar-refractivity contribution in [2.24, 2.45) is 16.8 Å². The van der Waals surface area contributed by atoms with E-state index in [9.17, 15) is 0 Å². The van der Waals surface area contributed by atoms with E-state index in [0.29, 0.717) is 0 Å². The van der Waals surface area contributed by atoms with Gasteiger partial charge in [-0.2, -0.15) is 0 Å². The van der Waals surface area contributed by atoms with Crippen LogP contribution in [-0.4, -0.2) is 11.3 Å². The second-order valence-corrected chi connectivity index (χ2v) is 5.87. The minimum atomic E-state index is 0.111. The zero-order valence-corrected chi connectivity index (χ0v) is 10.4. The molecule has 0 aromatic heterocycles. The lowest BCUT2D eigenvalue weighted by molar-refractivity contribution is 0.408. The molecule has 0 spiro atoms. The van der Waals surface area contributed by atoms with E-state index in [2.05, 4.69) is 34.6 Å². The molecule has 1 aliphatic carbocycles. The van der Waals surface area contributed by atoms with Crippen molar-refractivity contribution < 1.29 is 0 Å². The molecule has 1 unspecified atom stereocenters. The lowest BCUT2D eigenvalue weighted by atomic mass is 9.79. The van der Waals surface area contributed by atoms with Crippen LogP contribution in [0.15, 0.2) is 4.99 Å². The summed E-state index contributed by atoms with van der Waals surface area (Å²) in [5, 5.41) is 0. The third kappa shape index (κ3) is 3.43. The molecule has 0 N–H and O–H groups in total. The first-order valence-electron chi connectivity index (χ1n) is 5.99.